The lowest BCUT2D eigenvalue weighted by Gasteiger charge is -2.28. The summed E-state index contributed by atoms with van der Waals surface area (Å²) in [4.78, 5) is 22.1. The van der Waals surface area contributed by atoms with E-state index in [1.165, 1.54) is 13.8 Å². The predicted octanol–water partition coefficient (Wildman–Crippen LogP) is 2.26. The number of hydrogen-bond donors (Lipinski definition) is 2. The molecule has 0 fully saturated rings. The molecule has 0 aromatic rings. The standard InChI is InChI=1S/C11H19F2NO4/c1-6(2)11(12,13)7(8(15)16)14-9(17)18-10(3,4)5/h6-7H,1-5H3,(H,14,17)(H,15,16). The number of alkyl halides is 2. The topological polar surface area (TPSA) is 75.6 Å². The molecule has 1 amide bonds. The zero-order valence-electron chi connectivity index (χ0n) is 11.1. The first-order valence-electron chi connectivity index (χ1n) is 5.48. The van der Waals surface area contributed by atoms with Gasteiger partial charge in [-0.25, -0.2) is 18.4 Å². The minimum Gasteiger partial charge on any atom is -0.480 e. The summed E-state index contributed by atoms with van der Waals surface area (Å²) in [6.45, 7) is 6.98. The minimum atomic E-state index is -3.57. The molecule has 0 saturated heterocycles. The number of halogens is 2. The van der Waals surface area contributed by atoms with Crippen LogP contribution in [0, 0.1) is 5.92 Å². The van der Waals surface area contributed by atoms with Gasteiger partial charge in [-0.3, -0.25) is 0 Å². The smallest absolute Gasteiger partial charge is 0.408 e. The Morgan fingerprint density at radius 1 is 1.22 bits per heavy atom. The van der Waals surface area contributed by atoms with E-state index in [1.54, 1.807) is 26.1 Å². The summed E-state index contributed by atoms with van der Waals surface area (Å²) in [6, 6.07) is -2.31. The fraction of sp³-hybridized carbons (Fsp3) is 0.818. The number of aliphatic carboxylic acids is 1. The molecular weight excluding hydrogens is 248 g/mol. The first-order chi connectivity index (χ1) is 7.88. The van der Waals surface area contributed by atoms with E-state index in [4.69, 9.17) is 9.84 Å². The van der Waals surface area contributed by atoms with E-state index in [-0.39, 0.29) is 0 Å². The number of alkyl carbamates (subject to hydrolysis) is 1. The molecule has 1 atom stereocenters. The summed E-state index contributed by atoms with van der Waals surface area (Å²) in [6.07, 6.45) is -1.18. The van der Waals surface area contributed by atoms with E-state index in [0.29, 0.717) is 0 Å². The molecule has 2 N–H and O–H groups in total. The van der Waals surface area contributed by atoms with Gasteiger partial charge in [0.1, 0.15) is 5.60 Å². The second-order valence-corrected chi connectivity index (χ2v) is 5.25. The van der Waals surface area contributed by atoms with Crippen molar-refractivity contribution < 1.29 is 28.2 Å². The molecule has 0 aliphatic heterocycles. The van der Waals surface area contributed by atoms with Crippen molar-refractivity contribution in [3.8, 4) is 0 Å². The van der Waals surface area contributed by atoms with E-state index in [9.17, 15) is 18.4 Å². The lowest BCUT2D eigenvalue weighted by Crippen LogP contribution is -2.55. The quantitative estimate of drug-likeness (QED) is 0.819. The highest BCUT2D eigenvalue weighted by Crippen LogP contribution is 2.28. The number of rotatable bonds is 4. The van der Waals surface area contributed by atoms with Gasteiger partial charge in [-0.15, -0.1) is 0 Å². The molecular formula is C11H19F2NO4. The molecule has 0 aromatic carbocycles. The SMILES string of the molecule is CC(C)C(F)(F)C(NC(=O)OC(C)(C)C)C(=O)O. The number of amides is 1. The van der Waals surface area contributed by atoms with Gasteiger partial charge in [0.05, 0.1) is 0 Å². The van der Waals surface area contributed by atoms with E-state index in [1.807, 2.05) is 0 Å². The molecule has 0 aliphatic carbocycles. The van der Waals surface area contributed by atoms with Crippen molar-refractivity contribution in [2.45, 2.75) is 52.2 Å². The highest BCUT2D eigenvalue weighted by molar-refractivity contribution is 5.81. The number of carbonyl (C=O) groups is 2. The van der Waals surface area contributed by atoms with Crippen molar-refractivity contribution in [2.75, 3.05) is 0 Å². The van der Waals surface area contributed by atoms with Crippen LogP contribution >= 0.6 is 0 Å². The van der Waals surface area contributed by atoms with Gasteiger partial charge in [0, 0.05) is 5.92 Å². The zero-order valence-corrected chi connectivity index (χ0v) is 11.1. The summed E-state index contributed by atoms with van der Waals surface area (Å²) in [5.74, 6) is -6.60. The number of carbonyl (C=O) groups excluding carboxylic acids is 1. The third-order valence-electron chi connectivity index (χ3n) is 2.06. The van der Waals surface area contributed by atoms with E-state index < -0.39 is 35.5 Å². The van der Waals surface area contributed by atoms with Crippen LogP contribution in [-0.2, 0) is 9.53 Å². The van der Waals surface area contributed by atoms with Crippen molar-refractivity contribution >= 4 is 12.1 Å². The molecule has 0 saturated carbocycles. The fourth-order valence-corrected chi connectivity index (χ4v) is 1.08. The molecule has 0 aromatic heterocycles. The Morgan fingerprint density at radius 2 is 1.67 bits per heavy atom. The molecule has 18 heavy (non-hydrogen) atoms. The monoisotopic (exact) mass is 267 g/mol. The minimum absolute atomic E-state index is 0.889. The molecule has 1 unspecified atom stereocenters. The molecule has 0 rings (SSSR count). The Bertz CT molecular complexity index is 323. The summed E-state index contributed by atoms with van der Waals surface area (Å²) in [5, 5.41) is 10.4. The molecule has 106 valence electrons. The Balaban J connectivity index is 4.87. The van der Waals surface area contributed by atoms with Gasteiger partial charge < -0.3 is 15.2 Å². The van der Waals surface area contributed by atoms with Crippen LogP contribution in [0.5, 0.6) is 0 Å². The van der Waals surface area contributed by atoms with Crippen LogP contribution in [0.3, 0.4) is 0 Å². The van der Waals surface area contributed by atoms with Crippen molar-refractivity contribution in [2.24, 2.45) is 5.92 Å². The van der Waals surface area contributed by atoms with Gasteiger partial charge in [-0.05, 0) is 20.8 Å². The largest absolute Gasteiger partial charge is 0.480 e. The maximum absolute atomic E-state index is 13.6. The summed E-state index contributed by atoms with van der Waals surface area (Å²) >= 11 is 0. The molecule has 5 nitrogen and oxygen atoms in total. The van der Waals surface area contributed by atoms with Gasteiger partial charge in [0.25, 0.3) is 5.92 Å². The van der Waals surface area contributed by atoms with Gasteiger partial charge >= 0.3 is 12.1 Å². The van der Waals surface area contributed by atoms with E-state index in [2.05, 4.69) is 0 Å². The fourth-order valence-electron chi connectivity index (χ4n) is 1.08. The Hall–Kier alpha value is -1.40. The maximum Gasteiger partial charge on any atom is 0.408 e. The van der Waals surface area contributed by atoms with E-state index in [0.717, 1.165) is 0 Å². The van der Waals surface area contributed by atoms with Crippen LogP contribution in [0.25, 0.3) is 0 Å². The van der Waals surface area contributed by atoms with Crippen LogP contribution in [0.15, 0.2) is 0 Å². The number of ether oxygens (including phenoxy) is 1. The predicted molar refractivity (Wildman–Crippen MR) is 60.6 cm³/mol. The first-order valence-corrected chi connectivity index (χ1v) is 5.48. The highest BCUT2D eigenvalue weighted by Gasteiger charge is 2.48. The van der Waals surface area contributed by atoms with Crippen LogP contribution < -0.4 is 5.32 Å². The number of carboxylic acid groups (broad SMARTS) is 1. The van der Waals surface area contributed by atoms with Crippen LogP contribution in [0.1, 0.15) is 34.6 Å². The molecule has 0 bridgehead atoms. The average molecular weight is 267 g/mol. The third-order valence-corrected chi connectivity index (χ3v) is 2.06. The molecule has 0 spiro atoms. The lowest BCUT2D eigenvalue weighted by molar-refractivity contribution is -0.155. The molecule has 0 radical (unpaired) electrons. The van der Waals surface area contributed by atoms with Crippen LogP contribution in [-0.4, -0.2) is 34.7 Å². The van der Waals surface area contributed by atoms with Crippen LogP contribution in [0.4, 0.5) is 13.6 Å². The van der Waals surface area contributed by atoms with Crippen molar-refractivity contribution in [3.05, 3.63) is 0 Å². The van der Waals surface area contributed by atoms with Gasteiger partial charge in [0.2, 0.25) is 0 Å². The molecule has 0 aliphatic rings. The van der Waals surface area contributed by atoms with Gasteiger partial charge in [0.15, 0.2) is 6.04 Å². The average Bonchev–Trinajstić information content (AvgIpc) is 2.10. The Kier molecular flexibility index (Phi) is 5.07. The van der Waals surface area contributed by atoms with Crippen molar-refractivity contribution in [1.29, 1.82) is 0 Å². The second kappa shape index (κ2) is 5.49. The Labute approximate surface area is 105 Å². The lowest BCUT2D eigenvalue weighted by atomic mass is 9.98. The summed E-state index contributed by atoms with van der Waals surface area (Å²) < 4.78 is 32.0. The number of hydrogen-bond acceptors (Lipinski definition) is 3. The summed E-state index contributed by atoms with van der Waals surface area (Å²) in [5.41, 5.74) is -0.889. The Morgan fingerprint density at radius 3 is 1.94 bits per heavy atom. The van der Waals surface area contributed by atoms with Crippen molar-refractivity contribution in [1.82, 2.24) is 5.32 Å². The maximum atomic E-state index is 13.6. The highest BCUT2D eigenvalue weighted by atomic mass is 19.3. The molecule has 7 heteroatoms. The normalized spacial score (nSPS) is 14.2. The van der Waals surface area contributed by atoms with Gasteiger partial charge in [-0.1, -0.05) is 13.8 Å². The summed E-state index contributed by atoms with van der Waals surface area (Å²) in [7, 11) is 0. The van der Waals surface area contributed by atoms with E-state index >= 15 is 0 Å². The second-order valence-electron chi connectivity index (χ2n) is 5.25. The van der Waals surface area contributed by atoms with Gasteiger partial charge in [-0.2, -0.15) is 0 Å². The van der Waals surface area contributed by atoms with Crippen LogP contribution in [0.2, 0.25) is 0 Å². The number of nitrogens with one attached hydrogen (secondary N) is 1. The van der Waals surface area contributed by atoms with Crippen molar-refractivity contribution in [3.63, 3.8) is 0 Å². The third kappa shape index (κ3) is 4.85. The number of carboxylic acids is 1. The zero-order chi connectivity index (χ0) is 14.7. The first kappa shape index (κ1) is 16.6. The molecule has 0 heterocycles.